The highest BCUT2D eigenvalue weighted by atomic mass is 16.5. The Morgan fingerprint density at radius 2 is 2.17 bits per heavy atom. The molecule has 0 spiro atoms. The molecular formula is C12H15N3O3. The van der Waals surface area contributed by atoms with Crippen molar-refractivity contribution < 1.29 is 14.3 Å². The highest BCUT2D eigenvalue weighted by molar-refractivity contribution is 6.00. The third-order valence-electron chi connectivity index (χ3n) is 2.82. The van der Waals surface area contributed by atoms with Gasteiger partial charge in [-0.2, -0.15) is 0 Å². The number of rotatable bonds is 3. The van der Waals surface area contributed by atoms with Gasteiger partial charge in [-0.1, -0.05) is 12.1 Å². The summed E-state index contributed by atoms with van der Waals surface area (Å²) in [5.74, 6) is -0.272. The van der Waals surface area contributed by atoms with Crippen molar-refractivity contribution in [2.75, 3.05) is 11.4 Å². The van der Waals surface area contributed by atoms with Gasteiger partial charge in [0.05, 0.1) is 12.2 Å². The fourth-order valence-corrected chi connectivity index (χ4v) is 1.83. The quantitative estimate of drug-likeness (QED) is 0.762. The number of amides is 2. The van der Waals surface area contributed by atoms with Crippen LogP contribution in [-0.4, -0.2) is 30.5 Å². The Morgan fingerprint density at radius 3 is 2.83 bits per heavy atom. The summed E-state index contributed by atoms with van der Waals surface area (Å²) in [5.41, 5.74) is 11.3. The van der Waals surface area contributed by atoms with E-state index < -0.39 is 18.1 Å². The first-order chi connectivity index (χ1) is 8.50. The average Bonchev–Trinajstić information content (AvgIpc) is 2.34. The predicted octanol–water partition coefficient (Wildman–Crippen LogP) is -0.387. The number of primary amides is 1. The lowest BCUT2D eigenvalue weighted by Crippen LogP contribution is -2.52. The molecule has 0 saturated heterocycles. The van der Waals surface area contributed by atoms with E-state index in [9.17, 15) is 9.59 Å². The number of anilines is 1. The monoisotopic (exact) mass is 249 g/mol. The molecule has 96 valence electrons. The van der Waals surface area contributed by atoms with Gasteiger partial charge >= 0.3 is 0 Å². The molecule has 2 unspecified atom stereocenters. The van der Waals surface area contributed by atoms with Crippen LogP contribution < -0.4 is 21.1 Å². The molecule has 1 aliphatic heterocycles. The topological polar surface area (TPSA) is 98.7 Å². The van der Waals surface area contributed by atoms with Gasteiger partial charge in [-0.05, 0) is 19.1 Å². The first-order valence-electron chi connectivity index (χ1n) is 5.62. The van der Waals surface area contributed by atoms with Crippen LogP contribution in [0.5, 0.6) is 5.75 Å². The number of carbonyl (C=O) groups is 2. The molecule has 0 radical (unpaired) electrons. The lowest BCUT2D eigenvalue weighted by molar-refractivity contribution is -0.125. The standard InChI is InChI=1S/C12H15N3O3/c1-7-12(17)15(6-8(13)11(14)16)9-4-2-3-5-10(9)18-7/h2-5,7-8H,6,13H2,1H3,(H2,14,16). The van der Waals surface area contributed by atoms with E-state index in [1.807, 2.05) is 6.07 Å². The highest BCUT2D eigenvalue weighted by Crippen LogP contribution is 2.33. The van der Waals surface area contributed by atoms with Crippen molar-refractivity contribution in [3.63, 3.8) is 0 Å². The zero-order chi connectivity index (χ0) is 13.3. The average molecular weight is 249 g/mol. The van der Waals surface area contributed by atoms with Crippen LogP contribution >= 0.6 is 0 Å². The molecular weight excluding hydrogens is 234 g/mol. The fraction of sp³-hybridized carbons (Fsp3) is 0.333. The van der Waals surface area contributed by atoms with Crippen LogP contribution in [-0.2, 0) is 9.59 Å². The van der Waals surface area contributed by atoms with Crippen molar-refractivity contribution in [3.8, 4) is 5.75 Å². The number of nitrogens with zero attached hydrogens (tertiary/aromatic N) is 1. The van der Waals surface area contributed by atoms with Crippen molar-refractivity contribution in [2.24, 2.45) is 11.5 Å². The molecule has 2 atom stereocenters. The second-order valence-corrected chi connectivity index (χ2v) is 4.19. The molecule has 0 aliphatic carbocycles. The number of fused-ring (bicyclic) bond motifs is 1. The molecule has 1 heterocycles. The van der Waals surface area contributed by atoms with Crippen molar-refractivity contribution in [2.45, 2.75) is 19.1 Å². The van der Waals surface area contributed by atoms with E-state index in [-0.39, 0.29) is 12.5 Å². The van der Waals surface area contributed by atoms with Gasteiger partial charge in [0.2, 0.25) is 5.91 Å². The van der Waals surface area contributed by atoms with Crippen LogP contribution in [0.4, 0.5) is 5.69 Å². The summed E-state index contributed by atoms with van der Waals surface area (Å²) in [6, 6.07) is 6.21. The Kier molecular flexibility index (Phi) is 3.20. The van der Waals surface area contributed by atoms with Crippen LogP contribution in [0.15, 0.2) is 24.3 Å². The predicted molar refractivity (Wildman–Crippen MR) is 66.1 cm³/mol. The normalized spacial score (nSPS) is 20.0. The van der Waals surface area contributed by atoms with Crippen LogP contribution in [0.3, 0.4) is 0 Å². The zero-order valence-corrected chi connectivity index (χ0v) is 10.00. The molecule has 2 amide bonds. The molecule has 18 heavy (non-hydrogen) atoms. The van der Waals surface area contributed by atoms with E-state index in [4.69, 9.17) is 16.2 Å². The molecule has 0 saturated carbocycles. The van der Waals surface area contributed by atoms with Crippen molar-refractivity contribution in [1.82, 2.24) is 0 Å². The Labute approximate surface area is 104 Å². The second-order valence-electron chi connectivity index (χ2n) is 4.19. The van der Waals surface area contributed by atoms with Gasteiger partial charge in [0.25, 0.3) is 5.91 Å². The number of hydrogen-bond donors (Lipinski definition) is 2. The number of carbonyl (C=O) groups excluding carboxylic acids is 2. The van der Waals surface area contributed by atoms with E-state index in [1.54, 1.807) is 25.1 Å². The van der Waals surface area contributed by atoms with Crippen molar-refractivity contribution in [1.29, 1.82) is 0 Å². The maximum Gasteiger partial charge on any atom is 0.267 e. The van der Waals surface area contributed by atoms with Crippen LogP contribution in [0, 0.1) is 0 Å². The minimum atomic E-state index is -0.896. The molecule has 6 nitrogen and oxygen atoms in total. The number of nitrogens with two attached hydrogens (primary N) is 2. The minimum absolute atomic E-state index is 0.0544. The van der Waals surface area contributed by atoms with E-state index in [0.29, 0.717) is 11.4 Å². The molecule has 1 aromatic carbocycles. The lowest BCUT2D eigenvalue weighted by Gasteiger charge is -2.33. The molecule has 0 bridgehead atoms. The van der Waals surface area contributed by atoms with Crippen LogP contribution in [0.2, 0.25) is 0 Å². The summed E-state index contributed by atoms with van der Waals surface area (Å²) in [5, 5.41) is 0. The summed E-state index contributed by atoms with van der Waals surface area (Å²) in [7, 11) is 0. The van der Waals surface area contributed by atoms with Gasteiger partial charge in [0.1, 0.15) is 11.8 Å². The Bertz CT molecular complexity index is 489. The van der Waals surface area contributed by atoms with Crippen molar-refractivity contribution >= 4 is 17.5 Å². The van der Waals surface area contributed by atoms with Gasteiger partial charge in [0.15, 0.2) is 6.10 Å². The number of benzene rings is 1. The molecule has 1 aromatic rings. The van der Waals surface area contributed by atoms with Crippen LogP contribution in [0.1, 0.15) is 6.92 Å². The summed E-state index contributed by atoms with van der Waals surface area (Å²) in [6.07, 6.45) is -0.597. The van der Waals surface area contributed by atoms with E-state index in [2.05, 4.69) is 0 Å². The van der Waals surface area contributed by atoms with Gasteiger partial charge in [0, 0.05) is 0 Å². The lowest BCUT2D eigenvalue weighted by atomic mass is 10.1. The molecule has 0 fully saturated rings. The maximum atomic E-state index is 12.0. The molecule has 4 N–H and O–H groups in total. The molecule has 2 rings (SSSR count). The van der Waals surface area contributed by atoms with E-state index in [1.165, 1.54) is 4.90 Å². The third-order valence-corrected chi connectivity index (χ3v) is 2.82. The van der Waals surface area contributed by atoms with Gasteiger partial charge in [-0.15, -0.1) is 0 Å². The summed E-state index contributed by atoms with van der Waals surface area (Å²) in [4.78, 5) is 24.5. The summed E-state index contributed by atoms with van der Waals surface area (Å²) in [6.45, 7) is 1.71. The summed E-state index contributed by atoms with van der Waals surface area (Å²) < 4.78 is 5.47. The maximum absolute atomic E-state index is 12.0. The number of ether oxygens (including phenoxy) is 1. The molecule has 1 aliphatic rings. The Morgan fingerprint density at radius 1 is 1.50 bits per heavy atom. The van der Waals surface area contributed by atoms with E-state index in [0.717, 1.165) is 0 Å². The Hall–Kier alpha value is -2.08. The van der Waals surface area contributed by atoms with E-state index >= 15 is 0 Å². The van der Waals surface area contributed by atoms with Crippen LogP contribution in [0.25, 0.3) is 0 Å². The largest absolute Gasteiger partial charge is 0.479 e. The number of para-hydroxylation sites is 2. The fourth-order valence-electron chi connectivity index (χ4n) is 1.83. The minimum Gasteiger partial charge on any atom is -0.479 e. The highest BCUT2D eigenvalue weighted by Gasteiger charge is 2.32. The van der Waals surface area contributed by atoms with Gasteiger partial charge < -0.3 is 21.1 Å². The SMILES string of the molecule is CC1Oc2ccccc2N(CC(N)C(N)=O)C1=O. The first-order valence-corrected chi connectivity index (χ1v) is 5.62. The smallest absolute Gasteiger partial charge is 0.267 e. The van der Waals surface area contributed by atoms with Gasteiger partial charge in [-0.3, -0.25) is 9.59 Å². The first kappa shape index (κ1) is 12.4. The second kappa shape index (κ2) is 4.66. The summed E-state index contributed by atoms with van der Waals surface area (Å²) >= 11 is 0. The number of hydrogen-bond acceptors (Lipinski definition) is 4. The Balaban J connectivity index is 2.32. The van der Waals surface area contributed by atoms with Crippen molar-refractivity contribution in [3.05, 3.63) is 24.3 Å². The van der Waals surface area contributed by atoms with Gasteiger partial charge in [-0.25, -0.2) is 0 Å². The zero-order valence-electron chi connectivity index (χ0n) is 10.00. The molecule has 6 heteroatoms. The molecule has 0 aromatic heterocycles. The third kappa shape index (κ3) is 2.14.